The van der Waals surface area contributed by atoms with Gasteiger partial charge in [0.25, 0.3) is 0 Å². The third-order valence-electron chi connectivity index (χ3n) is 3.70. The van der Waals surface area contributed by atoms with Crippen LogP contribution in [-0.4, -0.2) is 41.3 Å². The van der Waals surface area contributed by atoms with E-state index in [0.29, 0.717) is 18.1 Å². The Kier molecular flexibility index (Phi) is 6.32. The fourth-order valence-corrected chi connectivity index (χ4v) is 2.79. The highest BCUT2D eigenvalue weighted by molar-refractivity contribution is 4.86. The summed E-state index contributed by atoms with van der Waals surface area (Å²) in [6.07, 6.45) is 7.17. The molecular weight excluding hydrogens is 200 g/mol. The Labute approximate surface area is 100 Å². The van der Waals surface area contributed by atoms with Crippen molar-refractivity contribution in [2.24, 2.45) is 5.73 Å². The summed E-state index contributed by atoms with van der Waals surface area (Å²) in [5.41, 5.74) is 6.29. The van der Waals surface area contributed by atoms with Crippen molar-refractivity contribution in [2.45, 2.75) is 70.5 Å². The van der Waals surface area contributed by atoms with Crippen LogP contribution in [0.3, 0.4) is 0 Å². The molecule has 0 aromatic rings. The Morgan fingerprint density at radius 1 is 1.25 bits per heavy atom. The van der Waals surface area contributed by atoms with Crippen LogP contribution in [-0.2, 0) is 0 Å². The second kappa shape index (κ2) is 7.25. The first-order valence-corrected chi connectivity index (χ1v) is 6.79. The Morgan fingerprint density at radius 2 is 1.94 bits per heavy atom. The first kappa shape index (κ1) is 13.9. The average Bonchev–Trinajstić information content (AvgIpc) is 2.44. The molecule has 3 N–H and O–H groups in total. The van der Waals surface area contributed by atoms with E-state index in [9.17, 15) is 0 Å². The SMILES string of the molecule is CC(C)N(CCCO)C1CCCCCC1N. The quantitative estimate of drug-likeness (QED) is 0.705. The summed E-state index contributed by atoms with van der Waals surface area (Å²) in [4.78, 5) is 2.49. The van der Waals surface area contributed by atoms with Crippen LogP contribution in [0.5, 0.6) is 0 Å². The number of nitrogens with two attached hydrogens (primary N) is 1. The second-order valence-electron chi connectivity index (χ2n) is 5.28. The minimum atomic E-state index is 0.283. The fraction of sp³-hybridized carbons (Fsp3) is 1.00. The van der Waals surface area contributed by atoms with E-state index in [-0.39, 0.29) is 6.61 Å². The molecule has 16 heavy (non-hydrogen) atoms. The summed E-state index contributed by atoms with van der Waals surface area (Å²) in [5, 5.41) is 8.96. The topological polar surface area (TPSA) is 49.5 Å². The van der Waals surface area contributed by atoms with Crippen LogP contribution >= 0.6 is 0 Å². The van der Waals surface area contributed by atoms with Crippen molar-refractivity contribution in [2.75, 3.05) is 13.2 Å². The van der Waals surface area contributed by atoms with Crippen molar-refractivity contribution in [3.05, 3.63) is 0 Å². The van der Waals surface area contributed by atoms with Crippen LogP contribution in [0.1, 0.15) is 52.4 Å². The third kappa shape index (κ3) is 4.04. The number of nitrogens with zero attached hydrogens (tertiary/aromatic N) is 1. The van der Waals surface area contributed by atoms with E-state index in [1.54, 1.807) is 0 Å². The van der Waals surface area contributed by atoms with Crippen molar-refractivity contribution >= 4 is 0 Å². The van der Waals surface area contributed by atoms with Gasteiger partial charge in [0, 0.05) is 31.3 Å². The summed E-state index contributed by atoms with van der Waals surface area (Å²) in [7, 11) is 0. The lowest BCUT2D eigenvalue weighted by Gasteiger charge is -2.37. The number of aliphatic hydroxyl groups is 1. The van der Waals surface area contributed by atoms with Gasteiger partial charge >= 0.3 is 0 Å². The molecule has 2 unspecified atom stereocenters. The van der Waals surface area contributed by atoms with Crippen molar-refractivity contribution in [1.29, 1.82) is 0 Å². The highest BCUT2D eigenvalue weighted by atomic mass is 16.3. The van der Waals surface area contributed by atoms with Gasteiger partial charge in [-0.2, -0.15) is 0 Å². The molecule has 0 saturated heterocycles. The number of hydrogen-bond acceptors (Lipinski definition) is 3. The summed E-state index contributed by atoms with van der Waals surface area (Å²) < 4.78 is 0. The maximum Gasteiger partial charge on any atom is 0.0443 e. The van der Waals surface area contributed by atoms with Crippen LogP contribution in [0.15, 0.2) is 0 Å². The maximum absolute atomic E-state index is 8.96. The number of aliphatic hydroxyl groups excluding tert-OH is 1. The maximum atomic E-state index is 8.96. The lowest BCUT2D eigenvalue weighted by Crippen LogP contribution is -2.50. The minimum Gasteiger partial charge on any atom is -0.396 e. The molecule has 96 valence electrons. The van der Waals surface area contributed by atoms with E-state index in [0.717, 1.165) is 19.4 Å². The molecule has 1 fully saturated rings. The number of rotatable bonds is 5. The molecule has 1 rings (SSSR count). The zero-order valence-electron chi connectivity index (χ0n) is 10.9. The summed E-state index contributed by atoms with van der Waals surface area (Å²) in [6.45, 7) is 5.72. The molecule has 1 aliphatic carbocycles. The standard InChI is InChI=1S/C13H28N2O/c1-11(2)15(9-6-10-16)13-8-5-3-4-7-12(13)14/h11-13,16H,3-10,14H2,1-2H3. The second-order valence-corrected chi connectivity index (χ2v) is 5.28. The molecule has 0 heterocycles. The Hall–Kier alpha value is -0.120. The predicted octanol–water partition coefficient (Wildman–Crippen LogP) is 1.74. The van der Waals surface area contributed by atoms with Crippen LogP contribution in [0.2, 0.25) is 0 Å². The van der Waals surface area contributed by atoms with E-state index in [4.69, 9.17) is 10.8 Å². The highest BCUT2D eigenvalue weighted by Gasteiger charge is 2.27. The van der Waals surface area contributed by atoms with Crippen molar-refractivity contribution in [3.8, 4) is 0 Å². The van der Waals surface area contributed by atoms with Gasteiger partial charge in [-0.05, 0) is 33.1 Å². The van der Waals surface area contributed by atoms with Crippen LogP contribution < -0.4 is 5.73 Å². The Balaban J connectivity index is 2.58. The fourth-order valence-electron chi connectivity index (χ4n) is 2.79. The molecule has 0 aromatic heterocycles. The first-order chi connectivity index (χ1) is 7.66. The van der Waals surface area contributed by atoms with Crippen LogP contribution in [0.4, 0.5) is 0 Å². The van der Waals surface area contributed by atoms with Crippen LogP contribution in [0.25, 0.3) is 0 Å². The van der Waals surface area contributed by atoms with Gasteiger partial charge < -0.3 is 10.8 Å². The zero-order valence-corrected chi connectivity index (χ0v) is 10.9. The van der Waals surface area contributed by atoms with Gasteiger partial charge in [0.05, 0.1) is 0 Å². The lowest BCUT2D eigenvalue weighted by molar-refractivity contribution is 0.114. The van der Waals surface area contributed by atoms with Gasteiger partial charge in [0.15, 0.2) is 0 Å². The molecule has 3 heteroatoms. The van der Waals surface area contributed by atoms with Crippen molar-refractivity contribution in [3.63, 3.8) is 0 Å². The normalized spacial score (nSPS) is 27.4. The molecule has 2 atom stereocenters. The highest BCUT2D eigenvalue weighted by Crippen LogP contribution is 2.23. The van der Waals surface area contributed by atoms with Gasteiger partial charge in [-0.1, -0.05) is 19.3 Å². The molecule has 0 aromatic carbocycles. The molecular formula is C13H28N2O. The molecule has 1 saturated carbocycles. The third-order valence-corrected chi connectivity index (χ3v) is 3.70. The van der Waals surface area contributed by atoms with Crippen molar-refractivity contribution < 1.29 is 5.11 Å². The molecule has 0 spiro atoms. The van der Waals surface area contributed by atoms with Gasteiger partial charge in [-0.15, -0.1) is 0 Å². The van der Waals surface area contributed by atoms with E-state index < -0.39 is 0 Å². The van der Waals surface area contributed by atoms with Gasteiger partial charge in [-0.3, -0.25) is 4.90 Å². The summed E-state index contributed by atoms with van der Waals surface area (Å²) in [5.74, 6) is 0. The number of hydrogen-bond donors (Lipinski definition) is 2. The van der Waals surface area contributed by atoms with E-state index >= 15 is 0 Å². The lowest BCUT2D eigenvalue weighted by atomic mass is 10.0. The Bertz CT molecular complexity index is 185. The Morgan fingerprint density at radius 3 is 2.56 bits per heavy atom. The smallest absolute Gasteiger partial charge is 0.0443 e. The molecule has 0 bridgehead atoms. The monoisotopic (exact) mass is 228 g/mol. The van der Waals surface area contributed by atoms with Crippen LogP contribution in [0, 0.1) is 0 Å². The predicted molar refractivity (Wildman–Crippen MR) is 68.4 cm³/mol. The zero-order chi connectivity index (χ0) is 12.0. The van der Waals surface area contributed by atoms with E-state index in [1.165, 1.54) is 25.7 Å². The molecule has 3 nitrogen and oxygen atoms in total. The van der Waals surface area contributed by atoms with Gasteiger partial charge in [0.2, 0.25) is 0 Å². The van der Waals surface area contributed by atoms with E-state index in [2.05, 4.69) is 18.7 Å². The minimum absolute atomic E-state index is 0.283. The van der Waals surface area contributed by atoms with Gasteiger partial charge in [-0.25, -0.2) is 0 Å². The van der Waals surface area contributed by atoms with Gasteiger partial charge in [0.1, 0.15) is 0 Å². The molecule has 1 aliphatic rings. The molecule has 0 radical (unpaired) electrons. The van der Waals surface area contributed by atoms with E-state index in [1.807, 2.05) is 0 Å². The molecule has 0 aliphatic heterocycles. The molecule has 0 amide bonds. The largest absolute Gasteiger partial charge is 0.396 e. The summed E-state index contributed by atoms with van der Waals surface area (Å²) >= 11 is 0. The summed E-state index contributed by atoms with van der Waals surface area (Å²) in [6, 6.07) is 1.37. The first-order valence-electron chi connectivity index (χ1n) is 6.79. The average molecular weight is 228 g/mol. The van der Waals surface area contributed by atoms with Crippen molar-refractivity contribution in [1.82, 2.24) is 4.90 Å².